The highest BCUT2D eigenvalue weighted by Gasteiger charge is 2.33. The van der Waals surface area contributed by atoms with Gasteiger partial charge >= 0.3 is 0 Å². The molecule has 3 aromatic carbocycles. The van der Waals surface area contributed by atoms with Crippen molar-refractivity contribution in [3.63, 3.8) is 0 Å². The van der Waals surface area contributed by atoms with E-state index in [1.54, 1.807) is 60.7 Å². The Hall–Kier alpha value is -3.93. The summed E-state index contributed by atoms with van der Waals surface area (Å²) in [6, 6.07) is 18.6. The maximum Gasteiger partial charge on any atom is 0.269 e. The van der Waals surface area contributed by atoms with Crippen LogP contribution in [0.2, 0.25) is 0 Å². The average molecular weight is 385 g/mol. The lowest BCUT2D eigenvalue weighted by molar-refractivity contribution is -0.125. The van der Waals surface area contributed by atoms with Crippen molar-refractivity contribution < 1.29 is 23.9 Å². The maximum absolute atomic E-state index is 13.0. The monoisotopic (exact) mass is 385 g/mol. The third kappa shape index (κ3) is 2.77. The van der Waals surface area contributed by atoms with Gasteiger partial charge in [0.15, 0.2) is 23.1 Å². The predicted octanol–water partition coefficient (Wildman–Crippen LogP) is 3.24. The molecule has 6 heteroatoms. The fourth-order valence-corrected chi connectivity index (χ4v) is 3.61. The van der Waals surface area contributed by atoms with Gasteiger partial charge in [-0.3, -0.25) is 14.4 Å². The number of ketones is 2. The van der Waals surface area contributed by atoms with E-state index in [1.165, 1.54) is 0 Å². The highest BCUT2D eigenvalue weighted by atomic mass is 16.6. The van der Waals surface area contributed by atoms with Crippen LogP contribution in [0, 0.1) is 0 Å². The summed E-state index contributed by atoms with van der Waals surface area (Å²) < 4.78 is 11.3. The smallest absolute Gasteiger partial charge is 0.269 e. The maximum atomic E-state index is 13.0. The molecule has 1 atom stereocenters. The first kappa shape index (κ1) is 17.2. The van der Waals surface area contributed by atoms with Crippen molar-refractivity contribution >= 4 is 23.2 Å². The molecule has 1 aliphatic heterocycles. The number of rotatable bonds is 2. The molecule has 6 nitrogen and oxygen atoms in total. The Labute approximate surface area is 166 Å². The second-order valence-electron chi connectivity index (χ2n) is 6.79. The summed E-state index contributed by atoms with van der Waals surface area (Å²) in [5.41, 5.74) is 1.45. The van der Waals surface area contributed by atoms with E-state index in [4.69, 9.17) is 9.47 Å². The molecule has 1 aliphatic carbocycles. The normalized spacial score (nSPS) is 16.6. The van der Waals surface area contributed by atoms with E-state index < -0.39 is 12.0 Å². The summed E-state index contributed by atoms with van der Waals surface area (Å²) in [5.74, 6) is 0.0712. The van der Waals surface area contributed by atoms with E-state index in [0.717, 1.165) is 0 Å². The van der Waals surface area contributed by atoms with Gasteiger partial charge in [-0.2, -0.15) is 0 Å². The molecule has 0 saturated heterocycles. The van der Waals surface area contributed by atoms with Crippen molar-refractivity contribution in [3.8, 4) is 11.5 Å². The van der Waals surface area contributed by atoms with Gasteiger partial charge in [0.1, 0.15) is 6.61 Å². The van der Waals surface area contributed by atoms with Crippen LogP contribution in [-0.4, -0.2) is 30.2 Å². The number of nitrogens with one attached hydrogen (secondary N) is 1. The van der Waals surface area contributed by atoms with Gasteiger partial charge < -0.3 is 14.8 Å². The van der Waals surface area contributed by atoms with E-state index in [0.29, 0.717) is 22.6 Å². The van der Waals surface area contributed by atoms with Gasteiger partial charge in [0.25, 0.3) is 5.91 Å². The zero-order valence-corrected chi connectivity index (χ0v) is 15.2. The number of carbonyl (C=O) groups is 3. The lowest BCUT2D eigenvalue weighted by atomic mass is 9.83. The van der Waals surface area contributed by atoms with Crippen molar-refractivity contribution in [2.24, 2.45) is 0 Å². The van der Waals surface area contributed by atoms with Gasteiger partial charge in [0.2, 0.25) is 6.10 Å². The van der Waals surface area contributed by atoms with Crippen LogP contribution >= 0.6 is 0 Å². The van der Waals surface area contributed by atoms with Crippen molar-refractivity contribution in [1.82, 2.24) is 0 Å². The average Bonchev–Trinajstić information content (AvgIpc) is 2.77. The summed E-state index contributed by atoms with van der Waals surface area (Å²) in [4.78, 5) is 38.6. The first-order valence-electron chi connectivity index (χ1n) is 9.14. The molecule has 1 amide bonds. The van der Waals surface area contributed by atoms with Crippen LogP contribution in [0.1, 0.15) is 31.8 Å². The molecule has 3 aromatic rings. The fourth-order valence-electron chi connectivity index (χ4n) is 3.61. The van der Waals surface area contributed by atoms with Gasteiger partial charge in [-0.05, 0) is 18.2 Å². The number of anilines is 1. The molecular formula is C23H15NO5. The number of benzene rings is 3. The van der Waals surface area contributed by atoms with Crippen LogP contribution in [0.15, 0.2) is 66.7 Å². The number of hydrogen-bond donors (Lipinski definition) is 1. The molecular weight excluding hydrogens is 370 g/mol. The zero-order chi connectivity index (χ0) is 20.0. The van der Waals surface area contributed by atoms with E-state index in [9.17, 15) is 14.4 Å². The summed E-state index contributed by atoms with van der Waals surface area (Å²) in [6.45, 7) is 0.0492. The third-order valence-electron chi connectivity index (χ3n) is 5.01. The first-order valence-corrected chi connectivity index (χ1v) is 9.14. The summed E-state index contributed by atoms with van der Waals surface area (Å²) >= 11 is 0. The number of carbonyl (C=O) groups excluding carboxylic acids is 3. The number of amides is 1. The standard InChI is InChI=1S/C23H15NO5/c25-21-13-6-1-2-7-14(13)22(26)20-15(21)8-5-9-16(20)24-23(27)19-12-28-17-10-3-4-11-18(17)29-19/h1-11,19H,12H2,(H,24,27). The topological polar surface area (TPSA) is 81.7 Å². The van der Waals surface area contributed by atoms with Crippen LogP contribution in [0.5, 0.6) is 11.5 Å². The Bertz CT molecular complexity index is 1180. The lowest BCUT2D eigenvalue weighted by Crippen LogP contribution is -2.40. The van der Waals surface area contributed by atoms with Crippen LogP contribution in [-0.2, 0) is 4.79 Å². The van der Waals surface area contributed by atoms with E-state index in [2.05, 4.69) is 5.32 Å². The van der Waals surface area contributed by atoms with Gasteiger partial charge in [-0.1, -0.05) is 48.5 Å². The van der Waals surface area contributed by atoms with Crippen LogP contribution < -0.4 is 14.8 Å². The summed E-state index contributed by atoms with van der Waals surface area (Å²) in [5, 5.41) is 2.74. The first-order chi connectivity index (χ1) is 14.1. The van der Waals surface area contributed by atoms with Gasteiger partial charge in [0, 0.05) is 16.7 Å². The molecule has 1 N–H and O–H groups in total. The minimum atomic E-state index is -0.873. The van der Waals surface area contributed by atoms with E-state index >= 15 is 0 Å². The number of para-hydroxylation sites is 2. The quantitative estimate of drug-likeness (QED) is 0.573. The van der Waals surface area contributed by atoms with Crippen molar-refractivity contribution in [2.75, 3.05) is 11.9 Å². The molecule has 0 bridgehead atoms. The molecule has 2 aliphatic rings. The van der Waals surface area contributed by atoms with Gasteiger partial charge in [-0.25, -0.2) is 0 Å². The van der Waals surface area contributed by atoms with Crippen LogP contribution in [0.25, 0.3) is 0 Å². The van der Waals surface area contributed by atoms with Crippen LogP contribution in [0.4, 0.5) is 5.69 Å². The molecule has 0 aromatic heterocycles. The zero-order valence-electron chi connectivity index (χ0n) is 15.2. The second-order valence-corrected chi connectivity index (χ2v) is 6.79. The second kappa shape index (κ2) is 6.60. The number of hydrogen-bond acceptors (Lipinski definition) is 5. The molecule has 0 fully saturated rings. The van der Waals surface area contributed by atoms with Crippen LogP contribution in [0.3, 0.4) is 0 Å². The number of fused-ring (bicyclic) bond motifs is 3. The van der Waals surface area contributed by atoms with Crippen molar-refractivity contribution in [2.45, 2.75) is 6.10 Å². The third-order valence-corrected chi connectivity index (χ3v) is 5.01. The van der Waals surface area contributed by atoms with E-state index in [1.807, 2.05) is 6.07 Å². The Kier molecular flexibility index (Phi) is 3.91. The SMILES string of the molecule is O=C1c2ccccc2C(=O)c2c(NC(=O)C3COc4ccccc4O3)cccc21. The minimum Gasteiger partial charge on any atom is -0.485 e. The fraction of sp³-hybridized carbons (Fsp3) is 0.0870. The lowest BCUT2D eigenvalue weighted by Gasteiger charge is -2.26. The molecule has 0 radical (unpaired) electrons. The van der Waals surface area contributed by atoms with Gasteiger partial charge in [-0.15, -0.1) is 0 Å². The molecule has 5 rings (SSSR count). The molecule has 0 saturated carbocycles. The minimum absolute atomic E-state index is 0.0492. The molecule has 1 heterocycles. The highest BCUT2D eigenvalue weighted by molar-refractivity contribution is 6.30. The largest absolute Gasteiger partial charge is 0.485 e. The summed E-state index contributed by atoms with van der Waals surface area (Å²) in [6.07, 6.45) is -0.873. The van der Waals surface area contributed by atoms with Gasteiger partial charge in [0.05, 0.1) is 11.3 Å². The molecule has 1 unspecified atom stereocenters. The Morgan fingerprint density at radius 1 is 0.793 bits per heavy atom. The Morgan fingerprint density at radius 2 is 1.45 bits per heavy atom. The van der Waals surface area contributed by atoms with E-state index in [-0.39, 0.29) is 35.0 Å². The predicted molar refractivity (Wildman–Crippen MR) is 105 cm³/mol. The molecule has 0 spiro atoms. The Balaban J connectivity index is 1.46. The summed E-state index contributed by atoms with van der Waals surface area (Å²) in [7, 11) is 0. The van der Waals surface area contributed by atoms with Crippen molar-refractivity contribution in [1.29, 1.82) is 0 Å². The Morgan fingerprint density at radius 3 is 2.24 bits per heavy atom. The number of ether oxygens (including phenoxy) is 2. The molecule has 29 heavy (non-hydrogen) atoms. The van der Waals surface area contributed by atoms with Crippen molar-refractivity contribution in [3.05, 3.63) is 89.0 Å². The molecule has 142 valence electrons. The highest BCUT2D eigenvalue weighted by Crippen LogP contribution is 2.33.